The average molecular weight is 227 g/mol. The van der Waals surface area contributed by atoms with E-state index in [2.05, 4.69) is 10.0 Å². The van der Waals surface area contributed by atoms with Gasteiger partial charge in [0.2, 0.25) is 0 Å². The van der Waals surface area contributed by atoms with Crippen LogP contribution in [0.1, 0.15) is 12.0 Å². The van der Waals surface area contributed by atoms with Gasteiger partial charge in [0.05, 0.1) is 5.69 Å². The molecule has 0 radical (unpaired) electrons. The second-order valence-corrected chi connectivity index (χ2v) is 4.84. The van der Waals surface area contributed by atoms with Crippen LogP contribution in [0.3, 0.4) is 0 Å². The van der Waals surface area contributed by atoms with Crippen LogP contribution in [0.2, 0.25) is 0 Å². The first-order valence-corrected chi connectivity index (χ1v) is 6.26. The molecule has 0 fully saturated rings. The molecule has 15 heavy (non-hydrogen) atoms. The number of aryl methyl sites for hydroxylation is 1. The maximum absolute atomic E-state index is 10.8. The third-order valence-corrected chi connectivity index (χ3v) is 2.83. The molecule has 0 amide bonds. The Morgan fingerprint density at radius 2 is 2.20 bits per heavy atom. The molecular formula is C9H13N3O2S. The molecule has 0 saturated heterocycles. The zero-order chi connectivity index (χ0) is 10.9. The summed E-state index contributed by atoms with van der Waals surface area (Å²) in [6.07, 6.45) is 2.13. The number of rotatable bonds is 2. The van der Waals surface area contributed by atoms with Crippen LogP contribution in [-0.4, -0.2) is 15.0 Å². The quantitative estimate of drug-likeness (QED) is 0.694. The Hall–Kier alpha value is -1.27. The maximum atomic E-state index is 10.8. The third kappa shape index (κ3) is 2.60. The molecule has 1 aliphatic rings. The van der Waals surface area contributed by atoms with Crippen LogP contribution in [0.5, 0.6) is 0 Å². The Balaban J connectivity index is 2.28. The Bertz CT molecular complexity index is 470. The lowest BCUT2D eigenvalue weighted by Crippen LogP contribution is -2.22. The van der Waals surface area contributed by atoms with Gasteiger partial charge < -0.3 is 5.32 Å². The molecule has 0 unspecified atom stereocenters. The number of nitrogens with two attached hydrogens (primary N) is 1. The van der Waals surface area contributed by atoms with Crippen molar-refractivity contribution in [2.45, 2.75) is 12.8 Å². The van der Waals surface area contributed by atoms with E-state index in [-0.39, 0.29) is 0 Å². The molecule has 82 valence electrons. The summed E-state index contributed by atoms with van der Waals surface area (Å²) < 4.78 is 23.9. The van der Waals surface area contributed by atoms with Gasteiger partial charge in [-0.1, -0.05) is 6.07 Å². The fourth-order valence-electron chi connectivity index (χ4n) is 1.69. The third-order valence-electron chi connectivity index (χ3n) is 2.31. The van der Waals surface area contributed by atoms with Gasteiger partial charge in [-0.3, -0.25) is 4.72 Å². The van der Waals surface area contributed by atoms with Crippen molar-refractivity contribution in [3.05, 3.63) is 23.8 Å². The van der Waals surface area contributed by atoms with Gasteiger partial charge in [0.25, 0.3) is 10.2 Å². The first-order valence-electron chi connectivity index (χ1n) is 4.72. The normalized spacial score (nSPS) is 15.3. The van der Waals surface area contributed by atoms with Crippen molar-refractivity contribution in [2.24, 2.45) is 5.14 Å². The topological polar surface area (TPSA) is 84.2 Å². The van der Waals surface area contributed by atoms with Crippen molar-refractivity contribution in [3.63, 3.8) is 0 Å². The zero-order valence-corrected chi connectivity index (χ0v) is 8.97. The van der Waals surface area contributed by atoms with Crippen LogP contribution < -0.4 is 15.2 Å². The van der Waals surface area contributed by atoms with Crippen molar-refractivity contribution in [1.82, 2.24) is 0 Å². The van der Waals surface area contributed by atoms with Gasteiger partial charge in [-0.15, -0.1) is 0 Å². The van der Waals surface area contributed by atoms with Crippen molar-refractivity contribution >= 4 is 21.6 Å². The van der Waals surface area contributed by atoms with Crippen LogP contribution in [0, 0.1) is 0 Å². The predicted octanol–water partition coefficient (Wildman–Crippen LogP) is 0.660. The highest BCUT2D eigenvalue weighted by Crippen LogP contribution is 2.25. The second kappa shape index (κ2) is 3.71. The fraction of sp³-hybridized carbons (Fsp3) is 0.333. The van der Waals surface area contributed by atoms with Gasteiger partial charge in [-0.25, -0.2) is 5.14 Å². The van der Waals surface area contributed by atoms with E-state index in [0.717, 1.165) is 25.1 Å². The van der Waals surface area contributed by atoms with Crippen LogP contribution in [0.15, 0.2) is 18.2 Å². The smallest absolute Gasteiger partial charge is 0.296 e. The van der Waals surface area contributed by atoms with Crippen LogP contribution >= 0.6 is 0 Å². The summed E-state index contributed by atoms with van der Waals surface area (Å²) >= 11 is 0. The Morgan fingerprint density at radius 1 is 1.40 bits per heavy atom. The Kier molecular flexibility index (Phi) is 2.54. The predicted molar refractivity (Wildman–Crippen MR) is 60.0 cm³/mol. The molecule has 5 nitrogen and oxygen atoms in total. The Labute approximate surface area is 88.9 Å². The average Bonchev–Trinajstić information content (AvgIpc) is 2.15. The standard InChI is InChI=1S/C9H13N3O2S/c10-15(13,14)12-8-4-3-7-2-1-5-11-9(7)6-8/h3-4,6,11-12H,1-2,5H2,(H2,10,13,14). The lowest BCUT2D eigenvalue weighted by atomic mass is 10.0. The monoisotopic (exact) mass is 227 g/mol. The SMILES string of the molecule is NS(=O)(=O)Nc1ccc2c(c1)NCCC2. The minimum absolute atomic E-state index is 0.491. The molecule has 0 atom stereocenters. The number of benzene rings is 1. The summed E-state index contributed by atoms with van der Waals surface area (Å²) in [6.45, 7) is 0.922. The molecular weight excluding hydrogens is 214 g/mol. The van der Waals surface area contributed by atoms with Gasteiger partial charge in [-0.2, -0.15) is 8.42 Å². The molecule has 0 aromatic heterocycles. The van der Waals surface area contributed by atoms with E-state index >= 15 is 0 Å². The van der Waals surface area contributed by atoms with Crippen LogP contribution in [-0.2, 0) is 16.6 Å². The van der Waals surface area contributed by atoms with E-state index in [4.69, 9.17) is 5.14 Å². The number of hydrogen-bond donors (Lipinski definition) is 3. The molecule has 4 N–H and O–H groups in total. The van der Waals surface area contributed by atoms with E-state index < -0.39 is 10.2 Å². The highest BCUT2D eigenvalue weighted by atomic mass is 32.2. The van der Waals surface area contributed by atoms with E-state index in [0.29, 0.717) is 5.69 Å². The number of fused-ring (bicyclic) bond motifs is 1. The molecule has 0 saturated carbocycles. The number of anilines is 2. The highest BCUT2D eigenvalue weighted by molar-refractivity contribution is 7.90. The number of nitrogens with one attached hydrogen (secondary N) is 2. The molecule has 1 aromatic carbocycles. The first-order chi connectivity index (χ1) is 7.04. The summed E-state index contributed by atoms with van der Waals surface area (Å²) in [5.41, 5.74) is 2.68. The first kappa shape index (κ1) is 10.3. The minimum Gasteiger partial charge on any atom is -0.385 e. The lowest BCUT2D eigenvalue weighted by Gasteiger charge is -2.18. The molecule has 6 heteroatoms. The molecule has 1 aromatic rings. The summed E-state index contributed by atoms with van der Waals surface area (Å²) in [5.74, 6) is 0. The van der Waals surface area contributed by atoms with Crippen LogP contribution in [0.25, 0.3) is 0 Å². The molecule has 1 heterocycles. The lowest BCUT2D eigenvalue weighted by molar-refractivity contribution is 0.603. The van der Waals surface area contributed by atoms with E-state index in [1.807, 2.05) is 6.07 Å². The summed E-state index contributed by atoms with van der Waals surface area (Å²) in [4.78, 5) is 0. The van der Waals surface area contributed by atoms with E-state index in [1.54, 1.807) is 12.1 Å². The second-order valence-electron chi connectivity index (χ2n) is 3.55. The van der Waals surface area contributed by atoms with Gasteiger partial charge in [-0.05, 0) is 30.5 Å². The fourth-order valence-corrected chi connectivity index (χ4v) is 2.14. The largest absolute Gasteiger partial charge is 0.385 e. The van der Waals surface area contributed by atoms with E-state index in [1.165, 1.54) is 5.56 Å². The van der Waals surface area contributed by atoms with Gasteiger partial charge in [0.15, 0.2) is 0 Å². The highest BCUT2D eigenvalue weighted by Gasteiger charge is 2.10. The molecule has 0 spiro atoms. The van der Waals surface area contributed by atoms with Gasteiger partial charge in [0, 0.05) is 12.2 Å². The molecule has 2 rings (SSSR count). The Morgan fingerprint density at radius 3 is 2.93 bits per heavy atom. The zero-order valence-electron chi connectivity index (χ0n) is 8.16. The maximum Gasteiger partial charge on any atom is 0.296 e. The summed E-state index contributed by atoms with van der Waals surface area (Å²) in [5, 5.41) is 8.10. The van der Waals surface area contributed by atoms with Gasteiger partial charge in [0.1, 0.15) is 0 Å². The van der Waals surface area contributed by atoms with Crippen LogP contribution in [0.4, 0.5) is 11.4 Å². The minimum atomic E-state index is -3.68. The van der Waals surface area contributed by atoms with Crippen molar-refractivity contribution in [1.29, 1.82) is 0 Å². The summed E-state index contributed by atoms with van der Waals surface area (Å²) in [7, 11) is -3.68. The molecule has 0 aliphatic carbocycles. The molecule has 1 aliphatic heterocycles. The van der Waals surface area contributed by atoms with Crippen molar-refractivity contribution < 1.29 is 8.42 Å². The van der Waals surface area contributed by atoms with Crippen molar-refractivity contribution in [3.8, 4) is 0 Å². The van der Waals surface area contributed by atoms with Crippen molar-refractivity contribution in [2.75, 3.05) is 16.6 Å². The summed E-state index contributed by atoms with van der Waals surface area (Å²) in [6, 6.07) is 5.39. The van der Waals surface area contributed by atoms with E-state index in [9.17, 15) is 8.42 Å². The molecule has 0 bridgehead atoms. The van der Waals surface area contributed by atoms with Gasteiger partial charge >= 0.3 is 0 Å². The number of hydrogen-bond acceptors (Lipinski definition) is 3.